The second-order valence-electron chi connectivity index (χ2n) is 5.98. The van der Waals surface area contributed by atoms with Gasteiger partial charge in [-0.15, -0.1) is 0 Å². The van der Waals surface area contributed by atoms with Crippen molar-refractivity contribution in [3.8, 4) is 5.75 Å². The monoisotopic (exact) mass is 234 g/mol. The third-order valence-corrected chi connectivity index (χ3v) is 3.54. The van der Waals surface area contributed by atoms with E-state index in [0.29, 0.717) is 5.92 Å². The van der Waals surface area contributed by atoms with E-state index in [9.17, 15) is 5.11 Å². The molecule has 2 unspecified atom stereocenters. The number of rotatable bonds is 4. The van der Waals surface area contributed by atoms with Gasteiger partial charge in [-0.1, -0.05) is 26.0 Å². The van der Waals surface area contributed by atoms with E-state index in [1.165, 1.54) is 0 Å². The molecule has 94 valence electrons. The van der Waals surface area contributed by atoms with Crippen molar-refractivity contribution in [2.75, 3.05) is 0 Å². The van der Waals surface area contributed by atoms with Gasteiger partial charge >= 0.3 is 0 Å². The first-order valence-electron chi connectivity index (χ1n) is 6.35. The number of aliphatic hydroxyl groups excluding tert-OH is 1. The molecular formula is C15H22O2. The zero-order valence-corrected chi connectivity index (χ0v) is 11.1. The van der Waals surface area contributed by atoms with Gasteiger partial charge in [-0.2, -0.15) is 0 Å². The molecule has 2 atom stereocenters. The van der Waals surface area contributed by atoms with Crippen LogP contribution in [0.25, 0.3) is 0 Å². The quantitative estimate of drug-likeness (QED) is 0.863. The van der Waals surface area contributed by atoms with Gasteiger partial charge in [-0.05, 0) is 49.3 Å². The van der Waals surface area contributed by atoms with Crippen LogP contribution in [0.5, 0.6) is 5.75 Å². The van der Waals surface area contributed by atoms with Crippen molar-refractivity contribution in [1.82, 2.24) is 0 Å². The molecule has 1 aliphatic carbocycles. The van der Waals surface area contributed by atoms with Gasteiger partial charge in [0.05, 0.1) is 12.2 Å². The molecule has 0 bridgehead atoms. The molecule has 0 aliphatic heterocycles. The Morgan fingerprint density at radius 2 is 2.00 bits per heavy atom. The zero-order chi connectivity index (χ0) is 12.6. The van der Waals surface area contributed by atoms with E-state index in [4.69, 9.17) is 4.74 Å². The molecular weight excluding hydrogens is 212 g/mol. The molecule has 2 rings (SSSR count). The summed E-state index contributed by atoms with van der Waals surface area (Å²) in [5, 5.41) is 10.3. The van der Waals surface area contributed by atoms with Gasteiger partial charge in [0.2, 0.25) is 0 Å². The van der Waals surface area contributed by atoms with Crippen molar-refractivity contribution in [2.45, 2.75) is 46.3 Å². The summed E-state index contributed by atoms with van der Waals surface area (Å²) in [6, 6.07) is 7.82. The van der Waals surface area contributed by atoms with Gasteiger partial charge < -0.3 is 9.84 Å². The Hall–Kier alpha value is -1.02. The highest BCUT2D eigenvalue weighted by atomic mass is 16.5. The van der Waals surface area contributed by atoms with Gasteiger partial charge in [-0.25, -0.2) is 0 Å². The molecule has 0 spiro atoms. The van der Waals surface area contributed by atoms with Crippen molar-refractivity contribution in [1.29, 1.82) is 0 Å². The first-order valence-corrected chi connectivity index (χ1v) is 6.35. The number of benzene rings is 1. The minimum Gasteiger partial charge on any atom is -0.491 e. The number of aliphatic hydroxyl groups is 1. The van der Waals surface area contributed by atoms with Crippen LogP contribution in [0.3, 0.4) is 0 Å². The van der Waals surface area contributed by atoms with Crippen LogP contribution in [-0.4, -0.2) is 11.2 Å². The van der Waals surface area contributed by atoms with Gasteiger partial charge in [0.1, 0.15) is 5.75 Å². The molecule has 17 heavy (non-hydrogen) atoms. The Kier molecular flexibility index (Phi) is 3.17. The lowest BCUT2D eigenvalue weighted by atomic mass is 9.99. The molecule has 2 heteroatoms. The maximum atomic E-state index is 10.3. The third kappa shape index (κ3) is 2.81. The molecule has 1 aromatic rings. The summed E-state index contributed by atoms with van der Waals surface area (Å²) >= 11 is 0. The van der Waals surface area contributed by atoms with Gasteiger partial charge in [0.25, 0.3) is 0 Å². The van der Waals surface area contributed by atoms with Crippen molar-refractivity contribution >= 4 is 0 Å². The average molecular weight is 234 g/mol. The van der Waals surface area contributed by atoms with Crippen LogP contribution >= 0.6 is 0 Å². The molecule has 1 saturated carbocycles. The minimum absolute atomic E-state index is 0.166. The lowest BCUT2D eigenvalue weighted by molar-refractivity contribution is 0.137. The zero-order valence-electron chi connectivity index (χ0n) is 11.1. The van der Waals surface area contributed by atoms with E-state index >= 15 is 0 Å². The highest BCUT2D eigenvalue weighted by molar-refractivity contribution is 5.31. The van der Waals surface area contributed by atoms with Gasteiger partial charge in [-0.3, -0.25) is 0 Å². The van der Waals surface area contributed by atoms with Crippen molar-refractivity contribution in [3.63, 3.8) is 0 Å². The molecule has 1 fully saturated rings. The lowest BCUT2D eigenvalue weighted by Gasteiger charge is -2.15. The summed E-state index contributed by atoms with van der Waals surface area (Å²) in [4.78, 5) is 0. The van der Waals surface area contributed by atoms with Gasteiger partial charge in [0.15, 0.2) is 0 Å². The largest absolute Gasteiger partial charge is 0.491 e. The minimum atomic E-state index is -0.360. The number of hydrogen-bond acceptors (Lipinski definition) is 2. The molecule has 1 aromatic carbocycles. The fraction of sp³-hybridized carbons (Fsp3) is 0.600. The van der Waals surface area contributed by atoms with Crippen LogP contribution in [0, 0.1) is 11.3 Å². The average Bonchev–Trinajstić information content (AvgIpc) is 2.86. The SMILES string of the molecule is CC(C)Oc1cccc(C(O)C2CC2(C)C)c1. The predicted molar refractivity (Wildman–Crippen MR) is 69.1 cm³/mol. The molecule has 0 aromatic heterocycles. The number of hydrogen-bond donors (Lipinski definition) is 1. The van der Waals surface area contributed by atoms with Crippen molar-refractivity contribution in [3.05, 3.63) is 29.8 Å². The van der Waals surface area contributed by atoms with E-state index in [1.54, 1.807) is 0 Å². The Morgan fingerprint density at radius 3 is 2.53 bits per heavy atom. The summed E-state index contributed by atoms with van der Waals surface area (Å²) in [5.74, 6) is 1.23. The van der Waals surface area contributed by atoms with Crippen LogP contribution in [-0.2, 0) is 0 Å². The van der Waals surface area contributed by atoms with E-state index in [-0.39, 0.29) is 17.6 Å². The van der Waals surface area contributed by atoms with Crippen LogP contribution in [0.4, 0.5) is 0 Å². The maximum Gasteiger partial charge on any atom is 0.120 e. The predicted octanol–water partition coefficient (Wildman–Crippen LogP) is 3.55. The lowest BCUT2D eigenvalue weighted by Crippen LogP contribution is -2.08. The summed E-state index contributed by atoms with van der Waals surface area (Å²) in [6.07, 6.45) is 0.907. The fourth-order valence-corrected chi connectivity index (χ4v) is 2.32. The first-order chi connectivity index (χ1) is 7.90. The summed E-state index contributed by atoms with van der Waals surface area (Å²) in [7, 11) is 0. The molecule has 0 amide bonds. The second-order valence-corrected chi connectivity index (χ2v) is 5.98. The summed E-state index contributed by atoms with van der Waals surface area (Å²) in [6.45, 7) is 8.42. The van der Waals surface area contributed by atoms with Crippen molar-refractivity contribution < 1.29 is 9.84 Å². The molecule has 0 saturated heterocycles. The van der Waals surface area contributed by atoms with Crippen molar-refractivity contribution in [2.24, 2.45) is 11.3 Å². The third-order valence-electron chi connectivity index (χ3n) is 3.54. The van der Waals surface area contributed by atoms with Crippen LogP contribution in [0.2, 0.25) is 0 Å². The maximum absolute atomic E-state index is 10.3. The molecule has 0 heterocycles. The second kappa shape index (κ2) is 4.34. The highest BCUT2D eigenvalue weighted by Crippen LogP contribution is 2.57. The smallest absolute Gasteiger partial charge is 0.120 e. The van der Waals surface area contributed by atoms with Crippen LogP contribution < -0.4 is 4.74 Å². The Bertz CT molecular complexity index is 396. The summed E-state index contributed by atoms with van der Waals surface area (Å²) in [5.41, 5.74) is 1.26. The molecule has 0 radical (unpaired) electrons. The normalized spacial score (nSPS) is 23.5. The van der Waals surface area contributed by atoms with Gasteiger partial charge in [0, 0.05) is 0 Å². The standard InChI is InChI=1S/C15H22O2/c1-10(2)17-12-7-5-6-11(8-12)14(16)13-9-15(13,3)4/h5-8,10,13-14,16H,9H2,1-4H3. The Morgan fingerprint density at radius 1 is 1.35 bits per heavy atom. The Labute approximate surface area is 104 Å². The van der Waals surface area contributed by atoms with E-state index in [1.807, 2.05) is 38.1 Å². The van der Waals surface area contributed by atoms with Crippen LogP contribution in [0.15, 0.2) is 24.3 Å². The van der Waals surface area contributed by atoms with E-state index in [0.717, 1.165) is 17.7 Å². The fourth-order valence-electron chi connectivity index (χ4n) is 2.32. The molecule has 1 N–H and O–H groups in total. The van der Waals surface area contributed by atoms with E-state index < -0.39 is 0 Å². The highest BCUT2D eigenvalue weighted by Gasteiger charge is 2.50. The van der Waals surface area contributed by atoms with Crippen LogP contribution in [0.1, 0.15) is 45.8 Å². The topological polar surface area (TPSA) is 29.5 Å². The first kappa shape index (κ1) is 12.4. The molecule has 2 nitrogen and oxygen atoms in total. The molecule has 1 aliphatic rings. The van der Waals surface area contributed by atoms with E-state index in [2.05, 4.69) is 13.8 Å². The number of ether oxygens (including phenoxy) is 1. The summed E-state index contributed by atoms with van der Waals surface area (Å²) < 4.78 is 5.65. The Balaban J connectivity index is 2.11.